The third-order valence-corrected chi connectivity index (χ3v) is 6.02. The molecule has 3 fully saturated rings. The van der Waals surface area contributed by atoms with Crippen molar-refractivity contribution in [1.82, 2.24) is 0 Å². The molecule has 14 heteroatoms. The van der Waals surface area contributed by atoms with Crippen LogP contribution in [0.15, 0.2) is 0 Å². The van der Waals surface area contributed by atoms with Gasteiger partial charge in [0.25, 0.3) is 0 Å². The van der Waals surface area contributed by atoms with Gasteiger partial charge in [-0.3, -0.25) is 0 Å². The summed E-state index contributed by atoms with van der Waals surface area (Å²) in [4.78, 5) is 0. The van der Waals surface area contributed by atoms with Crippen molar-refractivity contribution in [1.29, 1.82) is 0 Å². The number of aliphatic hydroxyl groups excluding tert-OH is 9. The van der Waals surface area contributed by atoms with Gasteiger partial charge in [0, 0.05) is 0 Å². The van der Waals surface area contributed by atoms with E-state index in [4.69, 9.17) is 23.7 Å². The quantitative estimate of drug-likeness (QED) is 0.182. The number of hydrogen-bond acceptors (Lipinski definition) is 14. The lowest BCUT2D eigenvalue weighted by Crippen LogP contribution is -2.66. The van der Waals surface area contributed by atoms with Crippen LogP contribution < -0.4 is 0 Å². The van der Waals surface area contributed by atoms with Crippen molar-refractivity contribution in [2.75, 3.05) is 6.61 Å². The van der Waals surface area contributed by atoms with Crippen LogP contribution in [-0.2, 0) is 23.7 Å². The molecule has 0 aliphatic carbocycles. The maximum absolute atomic E-state index is 10.6. The molecule has 0 aromatic carbocycles. The van der Waals surface area contributed by atoms with Gasteiger partial charge in [-0.25, -0.2) is 0 Å². The molecule has 0 spiro atoms. The van der Waals surface area contributed by atoms with Gasteiger partial charge in [-0.2, -0.15) is 0 Å². The van der Waals surface area contributed by atoms with Gasteiger partial charge < -0.3 is 69.6 Å². The first-order valence-electron chi connectivity index (χ1n) is 10.3. The van der Waals surface area contributed by atoms with E-state index in [-0.39, 0.29) is 0 Å². The van der Waals surface area contributed by atoms with Crippen molar-refractivity contribution in [3.05, 3.63) is 0 Å². The van der Waals surface area contributed by atoms with E-state index in [2.05, 4.69) is 0 Å². The SMILES string of the molecule is C[C@@H]1O[C@@H](O[C@@H]2[C@@H](O[C@@H]3O[C@@H](C)[C@H](O)[C@@H](O)[C@H]3O)[C@@H](O)[C@@H](CO)O[C@H]2O)[C@H](O)[C@H](O)[C@H]1O. The number of hydrogen-bond donors (Lipinski definition) is 9. The Morgan fingerprint density at radius 3 is 1.44 bits per heavy atom. The van der Waals surface area contributed by atoms with Crippen molar-refractivity contribution < 1.29 is 69.6 Å². The Morgan fingerprint density at radius 2 is 1.00 bits per heavy atom. The number of aliphatic hydroxyl groups is 9. The molecule has 3 heterocycles. The molecule has 0 unspecified atom stereocenters. The first kappa shape index (κ1) is 26.1. The summed E-state index contributed by atoms with van der Waals surface area (Å²) in [6.07, 6.45) is -22.6. The van der Waals surface area contributed by atoms with Crippen LogP contribution in [0.2, 0.25) is 0 Å². The molecule has 188 valence electrons. The molecular weight excluding hydrogens is 440 g/mol. The summed E-state index contributed by atoms with van der Waals surface area (Å²) in [5, 5.41) is 90.6. The van der Waals surface area contributed by atoms with Crippen LogP contribution in [0.5, 0.6) is 0 Å². The zero-order valence-corrected chi connectivity index (χ0v) is 17.4. The van der Waals surface area contributed by atoms with Gasteiger partial charge >= 0.3 is 0 Å². The monoisotopic (exact) mass is 472 g/mol. The first-order chi connectivity index (χ1) is 15.0. The van der Waals surface area contributed by atoms with E-state index >= 15 is 0 Å². The molecule has 32 heavy (non-hydrogen) atoms. The normalized spacial score (nSPS) is 55.0. The Bertz CT molecular complexity index is 610. The van der Waals surface area contributed by atoms with Crippen molar-refractivity contribution in [2.24, 2.45) is 0 Å². The van der Waals surface area contributed by atoms with E-state index in [0.29, 0.717) is 0 Å². The molecule has 3 aliphatic heterocycles. The Morgan fingerprint density at radius 1 is 0.562 bits per heavy atom. The van der Waals surface area contributed by atoms with E-state index in [1.165, 1.54) is 13.8 Å². The van der Waals surface area contributed by atoms with E-state index in [0.717, 1.165) is 0 Å². The molecule has 14 nitrogen and oxygen atoms in total. The Hall–Kier alpha value is -0.560. The minimum absolute atomic E-state index is 0.721. The summed E-state index contributed by atoms with van der Waals surface area (Å²) in [5.74, 6) is 0. The zero-order chi connectivity index (χ0) is 23.9. The molecule has 3 aliphatic rings. The third-order valence-electron chi connectivity index (χ3n) is 6.02. The summed E-state index contributed by atoms with van der Waals surface area (Å²) in [6.45, 7) is 2.10. The topological polar surface area (TPSA) is 228 Å². The third kappa shape index (κ3) is 4.94. The number of ether oxygens (including phenoxy) is 5. The zero-order valence-electron chi connectivity index (χ0n) is 17.4. The van der Waals surface area contributed by atoms with Gasteiger partial charge in [-0.1, -0.05) is 0 Å². The van der Waals surface area contributed by atoms with E-state index in [1.54, 1.807) is 0 Å². The summed E-state index contributed by atoms with van der Waals surface area (Å²) in [7, 11) is 0. The summed E-state index contributed by atoms with van der Waals surface area (Å²) in [6, 6.07) is 0. The van der Waals surface area contributed by atoms with Crippen LogP contribution in [0, 0.1) is 0 Å². The Kier molecular flexibility index (Phi) is 8.44. The highest BCUT2D eigenvalue weighted by Gasteiger charge is 2.53. The maximum atomic E-state index is 10.6. The van der Waals surface area contributed by atoms with Gasteiger partial charge in [0.05, 0.1) is 18.8 Å². The molecule has 9 N–H and O–H groups in total. The van der Waals surface area contributed by atoms with Crippen molar-refractivity contribution in [3.63, 3.8) is 0 Å². The fourth-order valence-electron chi connectivity index (χ4n) is 3.92. The average molecular weight is 472 g/mol. The summed E-state index contributed by atoms with van der Waals surface area (Å²) >= 11 is 0. The van der Waals surface area contributed by atoms with Crippen LogP contribution in [0.25, 0.3) is 0 Å². The predicted octanol–water partition coefficient (Wildman–Crippen LogP) is -5.52. The Labute approximate surface area is 183 Å². The smallest absolute Gasteiger partial charge is 0.187 e. The minimum atomic E-state index is -1.83. The molecule has 0 radical (unpaired) electrons. The highest BCUT2D eigenvalue weighted by Crippen LogP contribution is 2.32. The molecule has 0 bridgehead atoms. The van der Waals surface area contributed by atoms with Gasteiger partial charge in [0.1, 0.15) is 61.0 Å². The van der Waals surface area contributed by atoms with Crippen LogP contribution >= 0.6 is 0 Å². The summed E-state index contributed by atoms with van der Waals surface area (Å²) in [5.41, 5.74) is 0. The van der Waals surface area contributed by atoms with E-state index < -0.39 is 98.7 Å². The molecule has 0 aromatic heterocycles. The van der Waals surface area contributed by atoms with Gasteiger partial charge in [0.2, 0.25) is 0 Å². The highest BCUT2D eigenvalue weighted by atomic mass is 16.8. The van der Waals surface area contributed by atoms with Crippen molar-refractivity contribution >= 4 is 0 Å². The fourth-order valence-corrected chi connectivity index (χ4v) is 3.92. The van der Waals surface area contributed by atoms with E-state index in [9.17, 15) is 46.0 Å². The Balaban J connectivity index is 1.81. The van der Waals surface area contributed by atoms with Crippen LogP contribution in [0.3, 0.4) is 0 Å². The second-order valence-corrected chi connectivity index (χ2v) is 8.30. The molecular formula is C18H32O14. The average Bonchev–Trinajstić information content (AvgIpc) is 2.76. The molecule has 3 rings (SSSR count). The molecule has 0 aromatic rings. The van der Waals surface area contributed by atoms with E-state index in [1.807, 2.05) is 0 Å². The van der Waals surface area contributed by atoms with Gasteiger partial charge in [-0.15, -0.1) is 0 Å². The lowest BCUT2D eigenvalue weighted by atomic mass is 9.96. The second kappa shape index (κ2) is 10.4. The van der Waals surface area contributed by atoms with Crippen LogP contribution in [-0.4, -0.2) is 145 Å². The minimum Gasteiger partial charge on any atom is -0.394 e. The standard InChI is InChI=1S/C18H32O14/c1-4-7(20)10(23)12(25)17(28-4)31-14-9(22)6(3-19)30-16(27)15(14)32-18-13(26)11(24)8(21)5(2)29-18/h4-27H,3H2,1-2H3/t4-,5-,6+,7-,8-,9-,10+,11+,12+,13+,14-,15+,16+,17-,18-/m0/s1. The largest absolute Gasteiger partial charge is 0.394 e. The fraction of sp³-hybridized carbons (Fsp3) is 1.00. The van der Waals surface area contributed by atoms with Crippen molar-refractivity contribution in [3.8, 4) is 0 Å². The van der Waals surface area contributed by atoms with Crippen molar-refractivity contribution in [2.45, 2.75) is 106 Å². The molecule has 0 saturated carbocycles. The van der Waals surface area contributed by atoms with Gasteiger partial charge in [-0.05, 0) is 13.8 Å². The molecule has 3 saturated heterocycles. The second-order valence-electron chi connectivity index (χ2n) is 8.30. The van der Waals surface area contributed by atoms with Crippen LogP contribution in [0.4, 0.5) is 0 Å². The summed E-state index contributed by atoms with van der Waals surface area (Å²) < 4.78 is 27.0. The predicted molar refractivity (Wildman–Crippen MR) is 98.4 cm³/mol. The first-order valence-corrected chi connectivity index (χ1v) is 10.3. The lowest BCUT2D eigenvalue weighted by molar-refractivity contribution is -0.385. The maximum Gasteiger partial charge on any atom is 0.187 e. The number of rotatable bonds is 5. The van der Waals surface area contributed by atoms with Crippen LogP contribution in [0.1, 0.15) is 13.8 Å². The molecule has 15 atom stereocenters. The lowest BCUT2D eigenvalue weighted by Gasteiger charge is -2.48. The molecule has 0 amide bonds. The van der Waals surface area contributed by atoms with Gasteiger partial charge in [0.15, 0.2) is 18.9 Å². The highest BCUT2D eigenvalue weighted by molar-refractivity contribution is 4.95.